The number of hydrogen-bond donors (Lipinski definition) is 2. The van der Waals surface area contributed by atoms with E-state index < -0.39 is 68.4 Å². The van der Waals surface area contributed by atoms with Gasteiger partial charge in [-0.25, -0.2) is 13.8 Å². The molecule has 0 saturated carbocycles. The first-order valence-corrected chi connectivity index (χ1v) is 12.5. The minimum absolute atomic E-state index is 0.00949. The third-order valence-electron chi connectivity index (χ3n) is 5.52. The number of hydrogen-bond acceptors (Lipinski definition) is 9. The van der Waals surface area contributed by atoms with Gasteiger partial charge in [-0.3, -0.25) is 24.3 Å². The van der Waals surface area contributed by atoms with E-state index in [4.69, 9.17) is 19.3 Å². The monoisotopic (exact) mass is 528 g/mol. The maximum absolute atomic E-state index is 13.5. The molecule has 196 valence electrons. The molecule has 2 fully saturated rings. The standard InChI is InChI=1S/C20H26FN6O8P/c1-11-9-27(20(30)23-18(11)28)17-8-15(24-26-22)16(34-17)10-33-36(31,25-12(2)19(29)32-3)35-14-6-4-13(21)5-7-14/h4-7,11-12,15-17H,8-10H2,1-3H3,(H,25,31)(H,23,28,30)/t11?,12?,15-,16+,17+,36?/m0/s1. The average Bonchev–Trinajstić information content (AvgIpc) is 3.23. The molecule has 1 aromatic carbocycles. The normalized spacial score (nSPS) is 26.4. The first kappa shape index (κ1) is 27.4. The van der Waals surface area contributed by atoms with Crippen molar-refractivity contribution < 1.29 is 41.9 Å². The summed E-state index contributed by atoms with van der Waals surface area (Å²) >= 11 is 0. The first-order chi connectivity index (χ1) is 17.0. The SMILES string of the molecule is COC(=O)C(C)NP(=O)(OC[C@H]1O[C@@H](N2CC(C)C(=O)NC2=O)C[C@@H]1N=[N+]=[N-])Oc1ccc(F)cc1. The van der Waals surface area contributed by atoms with Crippen LogP contribution >= 0.6 is 7.75 Å². The molecular weight excluding hydrogens is 502 g/mol. The van der Waals surface area contributed by atoms with Gasteiger partial charge in [-0.2, -0.15) is 5.09 Å². The molecule has 0 spiro atoms. The molecular formula is C20H26FN6O8P. The van der Waals surface area contributed by atoms with Crippen LogP contribution in [0.5, 0.6) is 5.75 Å². The van der Waals surface area contributed by atoms with E-state index in [0.29, 0.717) is 0 Å². The van der Waals surface area contributed by atoms with Crippen LogP contribution in [0.15, 0.2) is 29.4 Å². The number of imide groups is 1. The Balaban J connectivity index is 1.75. The third kappa shape index (κ3) is 6.71. The molecule has 0 radical (unpaired) electrons. The van der Waals surface area contributed by atoms with Crippen molar-refractivity contribution in [3.8, 4) is 5.75 Å². The molecule has 2 saturated heterocycles. The van der Waals surface area contributed by atoms with Crippen LogP contribution in [-0.2, 0) is 28.2 Å². The fraction of sp³-hybridized carbons (Fsp3) is 0.550. The lowest BCUT2D eigenvalue weighted by Gasteiger charge is -2.34. The molecule has 2 heterocycles. The number of urea groups is 1. The van der Waals surface area contributed by atoms with E-state index in [1.54, 1.807) is 6.92 Å². The summed E-state index contributed by atoms with van der Waals surface area (Å²) in [7, 11) is -3.14. The lowest BCUT2D eigenvalue weighted by atomic mass is 10.1. The number of carbonyl (C=O) groups excluding carboxylic acids is 3. The highest BCUT2D eigenvalue weighted by Crippen LogP contribution is 2.46. The van der Waals surface area contributed by atoms with E-state index >= 15 is 0 Å². The van der Waals surface area contributed by atoms with Gasteiger partial charge in [0.05, 0.1) is 31.8 Å². The zero-order chi connectivity index (χ0) is 26.5. The number of ether oxygens (including phenoxy) is 2. The van der Waals surface area contributed by atoms with Gasteiger partial charge >= 0.3 is 19.7 Å². The van der Waals surface area contributed by atoms with Gasteiger partial charge in [-0.1, -0.05) is 12.0 Å². The fourth-order valence-corrected chi connectivity index (χ4v) is 5.12. The molecule has 2 aliphatic rings. The van der Waals surface area contributed by atoms with Gasteiger partial charge in [0.1, 0.15) is 23.8 Å². The smallest absolute Gasteiger partial charge is 0.459 e. The Kier molecular flexibility index (Phi) is 8.88. The minimum atomic E-state index is -4.29. The van der Waals surface area contributed by atoms with E-state index in [2.05, 4.69) is 25.2 Å². The van der Waals surface area contributed by atoms with Crippen molar-refractivity contribution in [1.82, 2.24) is 15.3 Å². The molecule has 1 aromatic rings. The summed E-state index contributed by atoms with van der Waals surface area (Å²) in [6.07, 6.45) is -1.70. The van der Waals surface area contributed by atoms with Crippen molar-refractivity contribution in [3.05, 3.63) is 40.5 Å². The number of nitrogens with zero attached hydrogens (tertiary/aromatic N) is 4. The van der Waals surface area contributed by atoms with Crippen LogP contribution in [-0.4, -0.2) is 67.5 Å². The van der Waals surface area contributed by atoms with Crippen LogP contribution in [0.4, 0.5) is 9.18 Å². The second-order valence-electron chi connectivity index (χ2n) is 8.20. The number of nitrogens with one attached hydrogen (secondary N) is 2. The number of rotatable bonds is 10. The zero-order valence-electron chi connectivity index (χ0n) is 19.7. The lowest BCUT2D eigenvalue weighted by Crippen LogP contribution is -2.57. The number of carbonyl (C=O) groups is 3. The second-order valence-corrected chi connectivity index (χ2v) is 9.89. The van der Waals surface area contributed by atoms with Gasteiger partial charge in [0.15, 0.2) is 0 Å². The van der Waals surface area contributed by atoms with Gasteiger partial charge in [0.25, 0.3) is 0 Å². The number of azide groups is 1. The Morgan fingerprint density at radius 3 is 2.75 bits per heavy atom. The van der Waals surface area contributed by atoms with Gasteiger partial charge in [-0.15, -0.1) is 0 Å². The number of amides is 3. The van der Waals surface area contributed by atoms with Crippen LogP contribution in [0.3, 0.4) is 0 Å². The highest BCUT2D eigenvalue weighted by atomic mass is 31.2. The van der Waals surface area contributed by atoms with Gasteiger partial charge < -0.3 is 14.0 Å². The number of halogens is 1. The molecule has 3 amide bonds. The Hall–Kier alpha value is -3.22. The van der Waals surface area contributed by atoms with Crippen molar-refractivity contribution in [3.63, 3.8) is 0 Å². The molecule has 36 heavy (non-hydrogen) atoms. The summed E-state index contributed by atoms with van der Waals surface area (Å²) < 4.78 is 48.2. The summed E-state index contributed by atoms with van der Waals surface area (Å²) in [6.45, 7) is 2.68. The van der Waals surface area contributed by atoms with Crippen LogP contribution < -0.4 is 14.9 Å². The van der Waals surface area contributed by atoms with E-state index in [9.17, 15) is 23.3 Å². The first-order valence-electron chi connectivity index (χ1n) is 10.9. The quantitative estimate of drug-likeness (QED) is 0.151. The summed E-state index contributed by atoms with van der Waals surface area (Å²) in [4.78, 5) is 40.0. The molecule has 6 atom stereocenters. The molecule has 3 unspecified atom stereocenters. The maximum Gasteiger partial charge on any atom is 0.459 e. The van der Waals surface area contributed by atoms with Crippen LogP contribution in [0, 0.1) is 11.7 Å². The van der Waals surface area contributed by atoms with E-state index in [-0.39, 0.29) is 18.7 Å². The second kappa shape index (κ2) is 11.7. The molecule has 2 N–H and O–H groups in total. The van der Waals surface area contributed by atoms with Gasteiger partial charge in [0.2, 0.25) is 5.91 Å². The van der Waals surface area contributed by atoms with Crippen LogP contribution in [0.25, 0.3) is 10.4 Å². The summed E-state index contributed by atoms with van der Waals surface area (Å²) in [5, 5.41) is 8.36. The van der Waals surface area contributed by atoms with Crippen molar-refractivity contribution in [1.29, 1.82) is 0 Å². The number of esters is 1. The van der Waals surface area contributed by atoms with Crippen molar-refractivity contribution in [2.24, 2.45) is 11.0 Å². The molecule has 0 aliphatic carbocycles. The number of benzene rings is 1. The highest BCUT2D eigenvalue weighted by molar-refractivity contribution is 7.52. The molecule has 3 rings (SSSR count). The Bertz CT molecular complexity index is 1080. The Morgan fingerprint density at radius 2 is 2.11 bits per heavy atom. The summed E-state index contributed by atoms with van der Waals surface area (Å²) in [6, 6.07) is 2.04. The third-order valence-corrected chi connectivity index (χ3v) is 7.16. The van der Waals surface area contributed by atoms with E-state index in [1.807, 2.05) is 0 Å². The molecule has 14 nitrogen and oxygen atoms in total. The topological polar surface area (TPSA) is 181 Å². The van der Waals surface area contributed by atoms with Crippen molar-refractivity contribution in [2.75, 3.05) is 20.3 Å². The highest BCUT2D eigenvalue weighted by Gasteiger charge is 2.44. The molecule has 0 aromatic heterocycles. The Morgan fingerprint density at radius 1 is 1.42 bits per heavy atom. The van der Waals surface area contributed by atoms with Crippen molar-refractivity contribution >= 4 is 25.7 Å². The maximum atomic E-state index is 13.5. The van der Waals surface area contributed by atoms with Gasteiger partial charge in [-0.05, 0) is 36.7 Å². The molecule has 16 heteroatoms. The number of methoxy groups -OCH3 is 1. The predicted molar refractivity (Wildman–Crippen MR) is 121 cm³/mol. The minimum Gasteiger partial charge on any atom is -0.468 e. The van der Waals surface area contributed by atoms with Crippen LogP contribution in [0.1, 0.15) is 20.3 Å². The Labute approximate surface area is 205 Å². The zero-order valence-corrected chi connectivity index (χ0v) is 20.6. The molecule has 2 aliphatic heterocycles. The predicted octanol–water partition coefficient (Wildman–Crippen LogP) is 2.46. The van der Waals surface area contributed by atoms with Gasteiger partial charge in [0, 0.05) is 17.9 Å². The van der Waals surface area contributed by atoms with Crippen LogP contribution in [0.2, 0.25) is 0 Å². The molecule has 0 bridgehead atoms. The average molecular weight is 528 g/mol. The summed E-state index contributed by atoms with van der Waals surface area (Å²) in [5.74, 6) is -2.19. The lowest BCUT2D eigenvalue weighted by molar-refractivity contribution is -0.142. The largest absolute Gasteiger partial charge is 0.468 e. The fourth-order valence-electron chi connectivity index (χ4n) is 3.62. The van der Waals surface area contributed by atoms with E-state index in [1.165, 1.54) is 24.0 Å². The van der Waals surface area contributed by atoms with Crippen molar-refractivity contribution in [2.45, 2.75) is 44.7 Å². The van der Waals surface area contributed by atoms with E-state index in [0.717, 1.165) is 19.2 Å². The summed E-state index contributed by atoms with van der Waals surface area (Å²) in [5.41, 5.74) is 8.97.